The molecule has 1 aliphatic rings. The number of rotatable bonds is 9. The molecule has 0 saturated heterocycles. The van der Waals surface area contributed by atoms with E-state index >= 15 is 0 Å². The number of carbonyl (C=O) groups excluding carboxylic acids is 3. The molecule has 0 atom stereocenters. The third-order valence-corrected chi connectivity index (χ3v) is 4.99. The first kappa shape index (κ1) is 21.1. The fraction of sp³-hybridized carbons (Fsp3) is 0.286. The van der Waals surface area contributed by atoms with Gasteiger partial charge in [-0.05, 0) is 43.2 Å². The van der Waals surface area contributed by atoms with Gasteiger partial charge in [0.1, 0.15) is 5.75 Å². The van der Waals surface area contributed by atoms with Crippen molar-refractivity contribution in [1.82, 2.24) is 10.2 Å². The molecule has 0 aliphatic carbocycles. The molecule has 1 aliphatic heterocycles. The maximum absolute atomic E-state index is 12.3. The van der Waals surface area contributed by atoms with Gasteiger partial charge in [0.25, 0.3) is 11.8 Å². The minimum atomic E-state index is -0.302. The highest BCUT2D eigenvalue weighted by molar-refractivity contribution is 6.35. The van der Waals surface area contributed by atoms with E-state index in [-0.39, 0.29) is 30.7 Å². The molecule has 1 heterocycles. The summed E-state index contributed by atoms with van der Waals surface area (Å²) < 4.78 is 5.55. The van der Waals surface area contributed by atoms with Crippen LogP contribution in [0, 0.1) is 0 Å². The van der Waals surface area contributed by atoms with E-state index in [4.69, 9.17) is 27.9 Å². The van der Waals surface area contributed by atoms with Gasteiger partial charge in [0.05, 0.1) is 22.8 Å². The standard InChI is InChI=1S/C21H20Cl2N2O4/c22-14-8-9-18(17(23)13-14)29-12-4-10-24-19(26)7-3-11-25-20(27)15-5-1-2-6-16(15)21(25)28/h1-2,5-6,8-9,13H,3-4,7,10-12H2,(H,24,26). The van der Waals surface area contributed by atoms with Crippen LogP contribution in [-0.2, 0) is 4.79 Å². The molecule has 2 aromatic rings. The van der Waals surface area contributed by atoms with Crippen LogP contribution in [0.4, 0.5) is 0 Å². The zero-order chi connectivity index (χ0) is 20.8. The Morgan fingerprint density at radius 2 is 1.69 bits per heavy atom. The summed E-state index contributed by atoms with van der Waals surface area (Å²) in [5.74, 6) is -0.192. The Labute approximate surface area is 178 Å². The third kappa shape index (κ3) is 5.28. The largest absolute Gasteiger partial charge is 0.492 e. The molecule has 6 nitrogen and oxygen atoms in total. The quantitative estimate of drug-likeness (QED) is 0.478. The maximum atomic E-state index is 12.3. The van der Waals surface area contributed by atoms with Gasteiger partial charge in [-0.25, -0.2) is 0 Å². The van der Waals surface area contributed by atoms with Crippen LogP contribution in [0.1, 0.15) is 40.0 Å². The van der Waals surface area contributed by atoms with Crippen molar-refractivity contribution in [1.29, 1.82) is 0 Å². The molecule has 2 aromatic carbocycles. The number of imide groups is 1. The van der Waals surface area contributed by atoms with Crippen molar-refractivity contribution in [3.05, 3.63) is 63.6 Å². The summed E-state index contributed by atoms with van der Waals surface area (Å²) in [7, 11) is 0. The van der Waals surface area contributed by atoms with Gasteiger partial charge in [-0.1, -0.05) is 35.3 Å². The number of hydrogen-bond donors (Lipinski definition) is 1. The van der Waals surface area contributed by atoms with Gasteiger partial charge in [-0.3, -0.25) is 19.3 Å². The van der Waals surface area contributed by atoms with Crippen molar-refractivity contribution in [3.8, 4) is 5.75 Å². The summed E-state index contributed by atoms with van der Waals surface area (Å²) in [5, 5.41) is 3.77. The van der Waals surface area contributed by atoms with Crippen molar-refractivity contribution in [2.24, 2.45) is 0 Å². The lowest BCUT2D eigenvalue weighted by Crippen LogP contribution is -2.32. The molecule has 0 fully saturated rings. The Kier molecular flexibility index (Phi) is 7.12. The summed E-state index contributed by atoms with van der Waals surface area (Å²) >= 11 is 11.9. The van der Waals surface area contributed by atoms with E-state index in [0.29, 0.717) is 52.9 Å². The Morgan fingerprint density at radius 1 is 1.00 bits per heavy atom. The SMILES string of the molecule is O=C(CCCN1C(=O)c2ccccc2C1=O)NCCCOc1ccc(Cl)cc1Cl. The highest BCUT2D eigenvalue weighted by Gasteiger charge is 2.34. The number of hydrogen-bond acceptors (Lipinski definition) is 4. The van der Waals surface area contributed by atoms with Crippen molar-refractivity contribution in [2.75, 3.05) is 19.7 Å². The van der Waals surface area contributed by atoms with Crippen LogP contribution in [0.25, 0.3) is 0 Å². The summed E-state index contributed by atoms with van der Waals surface area (Å²) in [4.78, 5) is 37.7. The van der Waals surface area contributed by atoms with Crippen LogP contribution in [0.2, 0.25) is 10.0 Å². The number of ether oxygens (including phenoxy) is 1. The van der Waals surface area contributed by atoms with Crippen LogP contribution >= 0.6 is 23.2 Å². The van der Waals surface area contributed by atoms with Gasteiger partial charge in [0.15, 0.2) is 0 Å². The predicted molar refractivity (Wildman–Crippen MR) is 111 cm³/mol. The average molecular weight is 435 g/mol. The second-order valence-electron chi connectivity index (χ2n) is 6.54. The van der Waals surface area contributed by atoms with Crippen molar-refractivity contribution in [3.63, 3.8) is 0 Å². The summed E-state index contributed by atoms with van der Waals surface area (Å²) in [6, 6.07) is 11.7. The Balaban J connectivity index is 1.32. The number of carbonyl (C=O) groups is 3. The zero-order valence-electron chi connectivity index (χ0n) is 15.6. The lowest BCUT2D eigenvalue weighted by molar-refractivity contribution is -0.121. The molecule has 3 amide bonds. The van der Waals surface area contributed by atoms with Crippen LogP contribution in [-0.4, -0.2) is 42.3 Å². The third-order valence-electron chi connectivity index (χ3n) is 4.46. The highest BCUT2D eigenvalue weighted by atomic mass is 35.5. The first-order valence-electron chi connectivity index (χ1n) is 9.27. The van der Waals surface area contributed by atoms with E-state index in [9.17, 15) is 14.4 Å². The maximum Gasteiger partial charge on any atom is 0.261 e. The van der Waals surface area contributed by atoms with Gasteiger partial charge >= 0.3 is 0 Å². The van der Waals surface area contributed by atoms with Crippen LogP contribution < -0.4 is 10.1 Å². The number of nitrogens with zero attached hydrogens (tertiary/aromatic N) is 1. The monoisotopic (exact) mass is 434 g/mol. The number of nitrogens with one attached hydrogen (secondary N) is 1. The molecule has 0 bridgehead atoms. The van der Waals surface area contributed by atoms with Crippen molar-refractivity contribution >= 4 is 40.9 Å². The van der Waals surface area contributed by atoms with Crippen LogP contribution in [0.3, 0.4) is 0 Å². The van der Waals surface area contributed by atoms with E-state index in [1.807, 2.05) is 0 Å². The molecular weight excluding hydrogens is 415 g/mol. The minimum Gasteiger partial charge on any atom is -0.492 e. The number of fused-ring (bicyclic) bond motifs is 1. The van der Waals surface area contributed by atoms with Crippen molar-refractivity contribution < 1.29 is 19.1 Å². The predicted octanol–water partition coefficient (Wildman–Crippen LogP) is 3.95. The lowest BCUT2D eigenvalue weighted by Gasteiger charge is -2.13. The van der Waals surface area contributed by atoms with E-state index < -0.39 is 0 Å². The molecule has 0 spiro atoms. The van der Waals surface area contributed by atoms with Crippen LogP contribution in [0.5, 0.6) is 5.75 Å². The Hall–Kier alpha value is -2.57. The van der Waals surface area contributed by atoms with E-state index in [1.165, 1.54) is 4.90 Å². The van der Waals surface area contributed by atoms with Gasteiger partial charge in [-0.15, -0.1) is 0 Å². The smallest absolute Gasteiger partial charge is 0.261 e. The van der Waals surface area contributed by atoms with Gasteiger partial charge in [0.2, 0.25) is 5.91 Å². The number of benzene rings is 2. The fourth-order valence-corrected chi connectivity index (χ4v) is 3.47. The van der Waals surface area contributed by atoms with E-state index in [1.54, 1.807) is 42.5 Å². The molecule has 8 heteroatoms. The minimum absolute atomic E-state index is 0.133. The molecule has 29 heavy (non-hydrogen) atoms. The molecule has 152 valence electrons. The second-order valence-corrected chi connectivity index (χ2v) is 7.38. The second kappa shape index (κ2) is 9.76. The van der Waals surface area contributed by atoms with Gasteiger partial charge in [0, 0.05) is 24.5 Å². The van der Waals surface area contributed by atoms with Crippen molar-refractivity contribution in [2.45, 2.75) is 19.3 Å². The van der Waals surface area contributed by atoms with E-state index in [0.717, 1.165) is 0 Å². The molecular formula is C21H20Cl2N2O4. The van der Waals surface area contributed by atoms with E-state index in [2.05, 4.69) is 5.32 Å². The summed E-state index contributed by atoms with van der Waals surface area (Å²) in [5.41, 5.74) is 0.838. The fourth-order valence-electron chi connectivity index (χ4n) is 3.00. The Bertz CT molecular complexity index is 898. The zero-order valence-corrected chi connectivity index (χ0v) is 17.1. The molecule has 0 unspecified atom stereocenters. The molecule has 1 N–H and O–H groups in total. The topological polar surface area (TPSA) is 75.7 Å². The molecule has 0 radical (unpaired) electrons. The first-order valence-corrected chi connectivity index (χ1v) is 10.0. The molecule has 0 saturated carbocycles. The summed E-state index contributed by atoms with van der Waals surface area (Å²) in [6.07, 6.45) is 1.26. The van der Waals surface area contributed by atoms with Gasteiger partial charge < -0.3 is 10.1 Å². The normalized spacial score (nSPS) is 12.8. The highest BCUT2D eigenvalue weighted by Crippen LogP contribution is 2.27. The molecule has 0 aromatic heterocycles. The number of halogens is 2. The number of amides is 3. The molecule has 3 rings (SSSR count). The summed E-state index contributed by atoms with van der Waals surface area (Å²) in [6.45, 7) is 1.08. The van der Waals surface area contributed by atoms with Crippen LogP contribution in [0.15, 0.2) is 42.5 Å². The average Bonchev–Trinajstić information content (AvgIpc) is 2.94. The lowest BCUT2D eigenvalue weighted by atomic mass is 10.1. The first-order chi connectivity index (χ1) is 14.0. The van der Waals surface area contributed by atoms with Gasteiger partial charge in [-0.2, -0.15) is 0 Å². The Morgan fingerprint density at radius 3 is 2.34 bits per heavy atom.